The minimum Gasteiger partial charge on any atom is -0.476 e. The van der Waals surface area contributed by atoms with Gasteiger partial charge < -0.3 is 19.9 Å². The topological polar surface area (TPSA) is 83.5 Å². The molecule has 0 unspecified atom stereocenters. The van der Waals surface area contributed by atoms with Crippen LogP contribution in [0.15, 0.2) is 30.6 Å². The zero-order chi connectivity index (χ0) is 19.2. The normalized spacial score (nSPS) is 14.4. The number of aromatic nitrogens is 3. The standard InChI is InChI=1S/C19H26N6O2/c1-4-27-17-16(6-5-8-20-17)23-19(26)25-12-10-24(11-13-25)18-21-9-7-15(22-18)14(2)3/h5-9,14H,4,10-13H2,1-3H3,(H,23,26). The van der Waals surface area contributed by atoms with Crippen LogP contribution in [0.2, 0.25) is 0 Å². The minimum atomic E-state index is -0.152. The largest absolute Gasteiger partial charge is 0.476 e. The zero-order valence-electron chi connectivity index (χ0n) is 16.1. The minimum absolute atomic E-state index is 0.152. The summed E-state index contributed by atoms with van der Waals surface area (Å²) in [6.45, 7) is 9.20. The van der Waals surface area contributed by atoms with Crippen molar-refractivity contribution in [3.63, 3.8) is 0 Å². The molecule has 8 heteroatoms. The molecular formula is C19H26N6O2. The van der Waals surface area contributed by atoms with Crippen molar-refractivity contribution in [2.75, 3.05) is 43.0 Å². The molecular weight excluding hydrogens is 344 g/mol. The van der Waals surface area contributed by atoms with Crippen molar-refractivity contribution < 1.29 is 9.53 Å². The molecule has 1 fully saturated rings. The van der Waals surface area contributed by atoms with Crippen LogP contribution in [-0.4, -0.2) is 58.7 Å². The summed E-state index contributed by atoms with van der Waals surface area (Å²) in [5.74, 6) is 1.52. The molecule has 0 bridgehead atoms. The molecule has 2 aromatic heterocycles. The quantitative estimate of drug-likeness (QED) is 0.871. The second-order valence-electron chi connectivity index (χ2n) is 6.63. The number of anilines is 2. The number of hydrogen-bond acceptors (Lipinski definition) is 6. The fraction of sp³-hybridized carbons (Fsp3) is 0.474. The highest BCUT2D eigenvalue weighted by Gasteiger charge is 2.23. The first-order chi connectivity index (χ1) is 13.1. The van der Waals surface area contributed by atoms with Gasteiger partial charge in [-0.1, -0.05) is 13.8 Å². The van der Waals surface area contributed by atoms with Gasteiger partial charge in [-0.3, -0.25) is 0 Å². The van der Waals surface area contributed by atoms with Gasteiger partial charge in [-0.25, -0.2) is 19.7 Å². The monoisotopic (exact) mass is 370 g/mol. The first-order valence-electron chi connectivity index (χ1n) is 9.30. The second-order valence-corrected chi connectivity index (χ2v) is 6.63. The fourth-order valence-electron chi connectivity index (χ4n) is 2.88. The van der Waals surface area contributed by atoms with Gasteiger partial charge in [0.1, 0.15) is 5.69 Å². The fourth-order valence-corrected chi connectivity index (χ4v) is 2.88. The molecule has 27 heavy (non-hydrogen) atoms. The molecule has 3 heterocycles. The Morgan fingerprint density at radius 1 is 1.19 bits per heavy atom. The van der Waals surface area contributed by atoms with Crippen LogP contribution in [0.25, 0.3) is 0 Å². The Kier molecular flexibility index (Phi) is 6.05. The molecule has 2 aromatic rings. The number of pyridine rings is 1. The van der Waals surface area contributed by atoms with Crippen molar-refractivity contribution in [1.82, 2.24) is 19.9 Å². The lowest BCUT2D eigenvalue weighted by molar-refractivity contribution is 0.207. The summed E-state index contributed by atoms with van der Waals surface area (Å²) in [6.07, 6.45) is 3.44. The van der Waals surface area contributed by atoms with E-state index in [1.807, 2.05) is 13.0 Å². The zero-order valence-corrected chi connectivity index (χ0v) is 16.1. The number of ether oxygens (including phenoxy) is 1. The predicted molar refractivity (Wildman–Crippen MR) is 104 cm³/mol. The number of rotatable bonds is 5. The molecule has 2 amide bonds. The third kappa shape index (κ3) is 4.64. The highest BCUT2D eigenvalue weighted by molar-refractivity contribution is 5.90. The van der Waals surface area contributed by atoms with Gasteiger partial charge in [0.15, 0.2) is 0 Å². The van der Waals surface area contributed by atoms with Gasteiger partial charge >= 0.3 is 6.03 Å². The maximum atomic E-state index is 12.6. The molecule has 0 atom stereocenters. The van der Waals surface area contributed by atoms with E-state index in [4.69, 9.17) is 4.74 Å². The van der Waals surface area contributed by atoms with Crippen LogP contribution in [0.1, 0.15) is 32.4 Å². The van der Waals surface area contributed by atoms with Gasteiger partial charge in [-0.05, 0) is 31.0 Å². The number of urea groups is 1. The number of amides is 2. The molecule has 0 aliphatic carbocycles. The Labute approximate surface area is 159 Å². The Morgan fingerprint density at radius 2 is 1.96 bits per heavy atom. The Balaban J connectivity index is 1.59. The molecule has 3 rings (SSSR count). The summed E-state index contributed by atoms with van der Waals surface area (Å²) >= 11 is 0. The average molecular weight is 370 g/mol. The molecule has 0 radical (unpaired) electrons. The first kappa shape index (κ1) is 18.9. The molecule has 144 valence electrons. The second kappa shape index (κ2) is 8.66. The van der Waals surface area contributed by atoms with Crippen molar-refractivity contribution in [1.29, 1.82) is 0 Å². The van der Waals surface area contributed by atoms with Gasteiger partial charge in [-0.15, -0.1) is 0 Å². The Bertz CT molecular complexity index is 774. The molecule has 0 aromatic carbocycles. The Morgan fingerprint density at radius 3 is 2.67 bits per heavy atom. The summed E-state index contributed by atoms with van der Waals surface area (Å²) in [6, 6.07) is 5.36. The molecule has 1 N–H and O–H groups in total. The van der Waals surface area contributed by atoms with Gasteiger partial charge in [0.2, 0.25) is 11.8 Å². The molecule has 0 spiro atoms. The number of carbonyl (C=O) groups is 1. The maximum absolute atomic E-state index is 12.6. The number of carbonyl (C=O) groups excluding carboxylic acids is 1. The predicted octanol–water partition coefficient (Wildman–Crippen LogP) is 2.75. The third-order valence-electron chi connectivity index (χ3n) is 4.40. The van der Waals surface area contributed by atoms with Crippen molar-refractivity contribution in [3.05, 3.63) is 36.3 Å². The summed E-state index contributed by atoms with van der Waals surface area (Å²) < 4.78 is 5.46. The van der Waals surface area contributed by atoms with Crippen molar-refractivity contribution in [2.45, 2.75) is 26.7 Å². The molecule has 1 aliphatic rings. The van der Waals surface area contributed by atoms with E-state index in [0.717, 1.165) is 11.6 Å². The highest BCUT2D eigenvalue weighted by atomic mass is 16.5. The van der Waals surface area contributed by atoms with Crippen LogP contribution in [-0.2, 0) is 0 Å². The van der Waals surface area contributed by atoms with Gasteiger partial charge in [0, 0.05) is 44.3 Å². The van der Waals surface area contributed by atoms with Crippen molar-refractivity contribution >= 4 is 17.7 Å². The van der Waals surface area contributed by atoms with Gasteiger partial charge in [0.25, 0.3) is 0 Å². The average Bonchev–Trinajstić information content (AvgIpc) is 2.70. The molecule has 0 saturated carbocycles. The van der Waals surface area contributed by atoms with Crippen LogP contribution in [0.4, 0.5) is 16.4 Å². The number of hydrogen-bond donors (Lipinski definition) is 1. The lowest BCUT2D eigenvalue weighted by atomic mass is 10.1. The molecule has 1 saturated heterocycles. The van der Waals surface area contributed by atoms with Crippen molar-refractivity contribution in [2.24, 2.45) is 0 Å². The smallest absolute Gasteiger partial charge is 0.322 e. The Hall–Kier alpha value is -2.90. The van der Waals surface area contributed by atoms with E-state index < -0.39 is 0 Å². The summed E-state index contributed by atoms with van der Waals surface area (Å²) in [7, 11) is 0. The number of piperazine rings is 1. The number of nitrogens with zero attached hydrogens (tertiary/aromatic N) is 5. The van der Waals surface area contributed by atoms with E-state index in [2.05, 4.69) is 39.0 Å². The van der Waals surface area contributed by atoms with Gasteiger partial charge in [-0.2, -0.15) is 0 Å². The van der Waals surface area contributed by atoms with E-state index in [9.17, 15) is 4.79 Å². The highest BCUT2D eigenvalue weighted by Crippen LogP contribution is 2.21. The van der Waals surface area contributed by atoms with E-state index in [1.54, 1.807) is 29.4 Å². The van der Waals surface area contributed by atoms with Gasteiger partial charge in [0.05, 0.1) is 6.61 Å². The lowest BCUT2D eigenvalue weighted by Gasteiger charge is -2.34. The SMILES string of the molecule is CCOc1ncccc1NC(=O)N1CCN(c2nccc(C(C)C)n2)CC1. The van der Waals surface area contributed by atoms with Crippen LogP contribution in [0.3, 0.4) is 0 Å². The lowest BCUT2D eigenvalue weighted by Crippen LogP contribution is -2.50. The van der Waals surface area contributed by atoms with Crippen LogP contribution < -0.4 is 15.0 Å². The van der Waals surface area contributed by atoms with Crippen molar-refractivity contribution in [3.8, 4) is 5.88 Å². The number of nitrogens with one attached hydrogen (secondary N) is 1. The van der Waals surface area contributed by atoms with E-state index in [-0.39, 0.29) is 6.03 Å². The summed E-state index contributed by atoms with van der Waals surface area (Å²) in [5, 5.41) is 2.89. The first-order valence-corrected chi connectivity index (χ1v) is 9.30. The van der Waals surface area contributed by atoms with E-state index in [1.165, 1.54) is 0 Å². The van der Waals surface area contributed by atoms with Crippen LogP contribution in [0, 0.1) is 0 Å². The molecule has 8 nitrogen and oxygen atoms in total. The molecule has 1 aliphatic heterocycles. The maximum Gasteiger partial charge on any atom is 0.322 e. The summed E-state index contributed by atoms with van der Waals surface area (Å²) in [4.78, 5) is 29.7. The summed E-state index contributed by atoms with van der Waals surface area (Å²) in [5.41, 5.74) is 1.61. The van der Waals surface area contributed by atoms with E-state index in [0.29, 0.717) is 50.3 Å². The van der Waals surface area contributed by atoms with E-state index >= 15 is 0 Å². The van der Waals surface area contributed by atoms with Crippen LogP contribution >= 0.6 is 0 Å². The van der Waals surface area contributed by atoms with Crippen LogP contribution in [0.5, 0.6) is 5.88 Å². The third-order valence-corrected chi connectivity index (χ3v) is 4.40.